The summed E-state index contributed by atoms with van der Waals surface area (Å²) in [6, 6.07) is -0.164. The first-order valence-electron chi connectivity index (χ1n) is 8.38. The van der Waals surface area contributed by atoms with Crippen LogP contribution in [0.25, 0.3) is 0 Å². The van der Waals surface area contributed by atoms with Crippen LogP contribution in [0.2, 0.25) is 0 Å². The molecule has 3 fully saturated rings. The molecule has 1 aromatic heterocycles. The minimum Gasteiger partial charge on any atom is -0.337 e. The van der Waals surface area contributed by atoms with Gasteiger partial charge in [-0.3, -0.25) is 14.3 Å². The lowest BCUT2D eigenvalue weighted by molar-refractivity contribution is -0.129. The first kappa shape index (κ1) is 15.5. The van der Waals surface area contributed by atoms with Gasteiger partial charge < -0.3 is 9.80 Å². The molecule has 0 spiro atoms. The van der Waals surface area contributed by atoms with E-state index in [1.54, 1.807) is 4.90 Å². The minimum atomic E-state index is -2.79. The number of carbonyl (C=O) groups is 2. The molecule has 0 N–H and O–H groups in total. The minimum absolute atomic E-state index is 0.0359. The fraction of sp³-hybridized carbons (Fsp3) is 0.688. The van der Waals surface area contributed by atoms with E-state index in [9.17, 15) is 18.4 Å². The molecule has 2 saturated heterocycles. The summed E-state index contributed by atoms with van der Waals surface area (Å²) in [7, 11) is 1.52. The van der Waals surface area contributed by atoms with Crippen molar-refractivity contribution in [1.82, 2.24) is 19.6 Å². The number of hydrogen-bond acceptors (Lipinski definition) is 3. The van der Waals surface area contributed by atoms with E-state index in [-0.39, 0.29) is 23.6 Å². The van der Waals surface area contributed by atoms with Crippen molar-refractivity contribution in [2.24, 2.45) is 13.0 Å². The molecule has 0 radical (unpaired) electrons. The number of aromatic nitrogens is 2. The zero-order chi connectivity index (χ0) is 17.0. The lowest BCUT2D eigenvalue weighted by Crippen LogP contribution is -2.40. The fourth-order valence-electron chi connectivity index (χ4n) is 3.98. The Kier molecular flexibility index (Phi) is 3.58. The number of rotatable bonds is 4. The summed E-state index contributed by atoms with van der Waals surface area (Å²) < 4.78 is 27.5. The van der Waals surface area contributed by atoms with Crippen molar-refractivity contribution in [3.05, 3.63) is 17.5 Å². The van der Waals surface area contributed by atoms with E-state index in [1.165, 1.54) is 17.9 Å². The molecule has 130 valence electrons. The van der Waals surface area contributed by atoms with Gasteiger partial charge in [-0.2, -0.15) is 5.10 Å². The summed E-state index contributed by atoms with van der Waals surface area (Å²) in [6.45, 7) is 1.28. The van der Waals surface area contributed by atoms with Crippen molar-refractivity contribution < 1.29 is 18.4 Å². The van der Waals surface area contributed by atoms with E-state index in [2.05, 4.69) is 5.10 Å². The van der Waals surface area contributed by atoms with Crippen LogP contribution >= 0.6 is 0 Å². The number of nitrogens with zero attached hydrogens (tertiary/aromatic N) is 4. The zero-order valence-corrected chi connectivity index (χ0v) is 13.5. The lowest BCUT2D eigenvalue weighted by Gasteiger charge is -2.25. The Labute approximate surface area is 138 Å². The Balaban J connectivity index is 1.55. The SMILES string of the molecule is Cn1cc(C(=O)N2CC[C@H]3[C@H]2CC(=O)N3CC2CC2)c(C(F)F)n1. The van der Waals surface area contributed by atoms with Crippen LogP contribution in [0.5, 0.6) is 0 Å². The Morgan fingerprint density at radius 1 is 1.33 bits per heavy atom. The summed E-state index contributed by atoms with van der Waals surface area (Å²) in [6.07, 6.45) is 1.90. The predicted molar refractivity (Wildman–Crippen MR) is 80.4 cm³/mol. The first-order chi connectivity index (χ1) is 11.5. The third kappa shape index (κ3) is 2.48. The molecule has 2 amide bonds. The number of likely N-dealkylation sites (tertiary alicyclic amines) is 2. The van der Waals surface area contributed by atoms with E-state index >= 15 is 0 Å². The van der Waals surface area contributed by atoms with Crippen LogP contribution in [0.3, 0.4) is 0 Å². The predicted octanol–water partition coefficient (Wildman–Crippen LogP) is 1.58. The van der Waals surface area contributed by atoms with Crippen molar-refractivity contribution in [3.8, 4) is 0 Å². The summed E-state index contributed by atoms with van der Waals surface area (Å²) in [4.78, 5) is 28.6. The Morgan fingerprint density at radius 2 is 2.08 bits per heavy atom. The molecule has 0 unspecified atom stereocenters. The van der Waals surface area contributed by atoms with E-state index in [0.717, 1.165) is 25.8 Å². The highest BCUT2D eigenvalue weighted by atomic mass is 19.3. The highest BCUT2D eigenvalue weighted by Crippen LogP contribution is 2.38. The van der Waals surface area contributed by atoms with E-state index in [1.807, 2.05) is 4.90 Å². The Bertz CT molecular complexity index is 686. The van der Waals surface area contributed by atoms with Gasteiger partial charge in [0.1, 0.15) is 5.69 Å². The summed E-state index contributed by atoms with van der Waals surface area (Å²) in [5.74, 6) is 0.239. The number of alkyl halides is 2. The zero-order valence-electron chi connectivity index (χ0n) is 13.5. The number of aryl methyl sites for hydroxylation is 1. The molecule has 0 bridgehead atoms. The molecular formula is C16H20F2N4O2. The van der Waals surface area contributed by atoms with E-state index < -0.39 is 18.0 Å². The van der Waals surface area contributed by atoms with E-state index in [4.69, 9.17) is 0 Å². The molecular weight excluding hydrogens is 318 g/mol. The topological polar surface area (TPSA) is 58.4 Å². The van der Waals surface area contributed by atoms with Crippen molar-refractivity contribution in [2.45, 2.75) is 44.2 Å². The van der Waals surface area contributed by atoms with Gasteiger partial charge in [-0.1, -0.05) is 0 Å². The first-order valence-corrected chi connectivity index (χ1v) is 8.38. The lowest BCUT2D eigenvalue weighted by atomic mass is 10.1. The average Bonchev–Trinajstić information content (AvgIpc) is 2.99. The van der Waals surface area contributed by atoms with Gasteiger partial charge in [0.15, 0.2) is 0 Å². The summed E-state index contributed by atoms with van der Waals surface area (Å²) in [5.41, 5.74) is -0.536. The van der Waals surface area contributed by atoms with Crippen LogP contribution in [0.4, 0.5) is 8.78 Å². The summed E-state index contributed by atoms with van der Waals surface area (Å²) in [5, 5.41) is 3.71. The van der Waals surface area contributed by atoms with Crippen molar-refractivity contribution >= 4 is 11.8 Å². The van der Waals surface area contributed by atoms with Gasteiger partial charge in [-0.25, -0.2) is 8.78 Å². The normalized spacial score (nSPS) is 26.6. The molecule has 3 aliphatic rings. The number of fused-ring (bicyclic) bond motifs is 1. The molecule has 2 aliphatic heterocycles. The molecule has 8 heteroatoms. The van der Waals surface area contributed by atoms with Crippen LogP contribution in [-0.4, -0.2) is 56.6 Å². The van der Waals surface area contributed by atoms with Crippen molar-refractivity contribution in [1.29, 1.82) is 0 Å². The van der Waals surface area contributed by atoms with Crippen LogP contribution in [0.15, 0.2) is 6.20 Å². The number of halogens is 2. The number of amides is 2. The summed E-state index contributed by atoms with van der Waals surface area (Å²) >= 11 is 0. The van der Waals surface area contributed by atoms with Gasteiger partial charge in [0.2, 0.25) is 5.91 Å². The van der Waals surface area contributed by atoms with Gasteiger partial charge in [0.05, 0.1) is 17.6 Å². The molecule has 1 saturated carbocycles. The highest BCUT2D eigenvalue weighted by molar-refractivity contribution is 5.96. The van der Waals surface area contributed by atoms with Gasteiger partial charge in [0.25, 0.3) is 12.3 Å². The standard InChI is InChI=1S/C16H20F2N4O2/c1-20-8-10(14(19-20)15(17)18)16(24)21-5-4-11-12(21)6-13(23)22(11)7-9-2-3-9/h8-9,11-12,15H,2-7H2,1H3/t11-,12+/m0/s1. The Hall–Kier alpha value is -1.99. The fourth-order valence-corrected chi connectivity index (χ4v) is 3.98. The molecule has 6 nitrogen and oxygen atoms in total. The molecule has 4 rings (SSSR count). The molecule has 1 aromatic rings. The highest BCUT2D eigenvalue weighted by Gasteiger charge is 2.49. The second-order valence-corrected chi connectivity index (χ2v) is 7.02. The number of carbonyl (C=O) groups excluding carboxylic acids is 2. The van der Waals surface area contributed by atoms with Crippen LogP contribution in [-0.2, 0) is 11.8 Å². The average molecular weight is 338 g/mol. The van der Waals surface area contributed by atoms with Gasteiger partial charge >= 0.3 is 0 Å². The molecule has 3 heterocycles. The molecule has 0 aromatic carbocycles. The van der Waals surface area contributed by atoms with Gasteiger partial charge in [0, 0.05) is 32.8 Å². The largest absolute Gasteiger partial charge is 0.337 e. The monoisotopic (exact) mass is 338 g/mol. The van der Waals surface area contributed by atoms with Crippen LogP contribution < -0.4 is 0 Å². The molecule has 2 atom stereocenters. The van der Waals surface area contributed by atoms with Gasteiger partial charge in [-0.15, -0.1) is 0 Å². The maximum atomic E-state index is 13.1. The van der Waals surface area contributed by atoms with E-state index in [0.29, 0.717) is 18.9 Å². The molecule has 24 heavy (non-hydrogen) atoms. The second-order valence-electron chi connectivity index (χ2n) is 7.02. The maximum Gasteiger partial charge on any atom is 0.282 e. The third-order valence-electron chi connectivity index (χ3n) is 5.32. The quantitative estimate of drug-likeness (QED) is 0.838. The molecule has 1 aliphatic carbocycles. The van der Waals surface area contributed by atoms with Crippen LogP contribution in [0, 0.1) is 5.92 Å². The maximum absolute atomic E-state index is 13.1. The second kappa shape index (κ2) is 5.53. The van der Waals surface area contributed by atoms with Gasteiger partial charge in [-0.05, 0) is 25.2 Å². The van der Waals surface area contributed by atoms with Crippen molar-refractivity contribution in [3.63, 3.8) is 0 Å². The number of hydrogen-bond donors (Lipinski definition) is 0. The third-order valence-corrected chi connectivity index (χ3v) is 5.32. The smallest absolute Gasteiger partial charge is 0.282 e. The Morgan fingerprint density at radius 3 is 2.75 bits per heavy atom. The van der Waals surface area contributed by atoms with Crippen molar-refractivity contribution in [2.75, 3.05) is 13.1 Å². The van der Waals surface area contributed by atoms with Crippen LogP contribution in [0.1, 0.15) is 48.2 Å².